The maximum Gasteiger partial charge on any atom is 0.159 e. The van der Waals surface area contributed by atoms with Gasteiger partial charge in [-0.1, -0.05) is 23.9 Å². The van der Waals surface area contributed by atoms with Crippen LogP contribution >= 0.6 is 0 Å². The van der Waals surface area contributed by atoms with Crippen LogP contribution in [0.4, 0.5) is 0 Å². The molecule has 0 fully saturated rings. The summed E-state index contributed by atoms with van der Waals surface area (Å²) < 4.78 is 3.36. The topological polar surface area (TPSA) is 112 Å². The molecule has 0 amide bonds. The number of aliphatic imine (C=N–C) groups is 1. The van der Waals surface area contributed by atoms with Gasteiger partial charge in [0.2, 0.25) is 0 Å². The quantitative estimate of drug-likeness (QED) is 0.510. The van der Waals surface area contributed by atoms with Crippen LogP contribution in [0.3, 0.4) is 0 Å². The van der Waals surface area contributed by atoms with Gasteiger partial charge < -0.3 is 11.1 Å². The second kappa shape index (κ2) is 7.39. The van der Waals surface area contributed by atoms with Gasteiger partial charge in [0.25, 0.3) is 0 Å². The lowest BCUT2D eigenvalue weighted by Crippen LogP contribution is -2.30. The zero-order valence-electron chi connectivity index (χ0n) is 13.8. The van der Waals surface area contributed by atoms with E-state index in [0.29, 0.717) is 18.2 Å². The molecule has 0 aliphatic rings. The van der Waals surface area contributed by atoms with Gasteiger partial charge >= 0.3 is 0 Å². The van der Waals surface area contributed by atoms with Crippen molar-refractivity contribution in [1.29, 1.82) is 0 Å². The van der Waals surface area contributed by atoms with Crippen molar-refractivity contribution in [2.24, 2.45) is 10.7 Å². The fourth-order valence-corrected chi connectivity index (χ4v) is 2.39. The van der Waals surface area contributed by atoms with Crippen molar-refractivity contribution in [3.63, 3.8) is 0 Å². The van der Waals surface area contributed by atoms with Crippen molar-refractivity contribution in [1.82, 2.24) is 35.1 Å². The fourth-order valence-electron chi connectivity index (χ4n) is 2.39. The van der Waals surface area contributed by atoms with Crippen molar-refractivity contribution in [3.8, 4) is 0 Å². The Morgan fingerprint density at radius 2 is 2.28 bits per heavy atom. The van der Waals surface area contributed by atoms with Crippen LogP contribution in [0.2, 0.25) is 0 Å². The molecule has 3 rings (SSSR count). The molecule has 0 radical (unpaired) electrons. The van der Waals surface area contributed by atoms with E-state index in [1.165, 1.54) is 12.5 Å². The van der Waals surface area contributed by atoms with Gasteiger partial charge in [0, 0.05) is 6.04 Å². The predicted molar refractivity (Wildman–Crippen MR) is 95.4 cm³/mol. The summed E-state index contributed by atoms with van der Waals surface area (Å²) in [6.07, 6.45) is 6.21. The van der Waals surface area contributed by atoms with Crippen LogP contribution in [0.25, 0.3) is 11.0 Å². The first kappa shape index (κ1) is 16.4. The Kier molecular flexibility index (Phi) is 4.84. The van der Waals surface area contributed by atoms with E-state index < -0.39 is 0 Å². The summed E-state index contributed by atoms with van der Waals surface area (Å²) in [6, 6.07) is 7.69. The Bertz CT molecular complexity index is 905. The lowest BCUT2D eigenvalue weighted by molar-refractivity contribution is 0.482. The molecule has 2 heterocycles. The smallest absolute Gasteiger partial charge is 0.159 e. The Balaban J connectivity index is 1.78. The van der Waals surface area contributed by atoms with Crippen molar-refractivity contribution < 1.29 is 0 Å². The minimum absolute atomic E-state index is 0.0635. The van der Waals surface area contributed by atoms with Crippen LogP contribution in [0.1, 0.15) is 6.92 Å². The summed E-state index contributed by atoms with van der Waals surface area (Å²) >= 11 is 0. The van der Waals surface area contributed by atoms with Crippen LogP contribution in [0, 0.1) is 0 Å². The zero-order valence-corrected chi connectivity index (χ0v) is 13.8. The molecule has 0 unspecified atom stereocenters. The van der Waals surface area contributed by atoms with Gasteiger partial charge in [-0.2, -0.15) is 9.78 Å². The summed E-state index contributed by atoms with van der Waals surface area (Å²) in [5.41, 5.74) is 7.17. The van der Waals surface area contributed by atoms with Crippen molar-refractivity contribution in [2.45, 2.75) is 19.5 Å². The number of benzene rings is 1. The monoisotopic (exact) mass is 337 g/mol. The molecule has 9 nitrogen and oxygen atoms in total. The molecule has 3 aromatic rings. The number of aromatic nitrogens is 6. The molecule has 0 bridgehead atoms. The lowest BCUT2D eigenvalue weighted by Gasteiger charge is -2.15. The van der Waals surface area contributed by atoms with Gasteiger partial charge in [-0.05, 0) is 31.3 Å². The van der Waals surface area contributed by atoms with E-state index >= 15 is 0 Å². The van der Waals surface area contributed by atoms with Crippen LogP contribution < -0.4 is 11.1 Å². The van der Waals surface area contributed by atoms with Crippen molar-refractivity contribution in [2.75, 3.05) is 0 Å². The molecule has 0 saturated heterocycles. The van der Waals surface area contributed by atoms with E-state index in [4.69, 9.17) is 5.73 Å². The van der Waals surface area contributed by atoms with Crippen molar-refractivity contribution in [3.05, 3.63) is 61.6 Å². The Morgan fingerprint density at radius 3 is 3.04 bits per heavy atom. The van der Waals surface area contributed by atoms with Crippen LogP contribution in [0.5, 0.6) is 0 Å². The third-order valence-corrected chi connectivity index (χ3v) is 3.40. The molecule has 128 valence electrons. The second-order valence-electron chi connectivity index (χ2n) is 5.43. The SMILES string of the molecule is C=C(/N=C(\C=C/N)n1nnc2ccccc21)N[C@@H](C)Cn1cncn1. The number of hydrogen-bond donors (Lipinski definition) is 2. The van der Waals surface area contributed by atoms with Crippen molar-refractivity contribution >= 4 is 16.9 Å². The fraction of sp³-hybridized carbons (Fsp3) is 0.188. The van der Waals surface area contributed by atoms with Gasteiger partial charge in [-0.3, -0.25) is 4.68 Å². The van der Waals surface area contributed by atoms with Crippen LogP contribution in [-0.2, 0) is 6.54 Å². The van der Waals surface area contributed by atoms with Gasteiger partial charge in [0.15, 0.2) is 5.84 Å². The highest BCUT2D eigenvalue weighted by molar-refractivity contribution is 5.99. The van der Waals surface area contributed by atoms with Gasteiger partial charge in [0.05, 0.1) is 12.1 Å². The highest BCUT2D eigenvalue weighted by Gasteiger charge is 2.09. The minimum Gasteiger partial charge on any atom is -0.404 e. The predicted octanol–water partition coefficient (Wildman–Crippen LogP) is 0.891. The average molecular weight is 337 g/mol. The molecular formula is C16H19N9. The second-order valence-corrected chi connectivity index (χ2v) is 5.43. The zero-order chi connectivity index (χ0) is 17.6. The molecule has 25 heavy (non-hydrogen) atoms. The number of para-hydroxylation sites is 1. The Hall–Kier alpha value is -3.49. The molecule has 1 atom stereocenters. The molecule has 0 spiro atoms. The first-order chi connectivity index (χ1) is 12.2. The summed E-state index contributed by atoms with van der Waals surface area (Å²) in [5.74, 6) is 1.00. The maximum absolute atomic E-state index is 5.56. The van der Waals surface area contributed by atoms with E-state index in [0.717, 1.165) is 11.0 Å². The van der Waals surface area contributed by atoms with Gasteiger partial charge in [-0.15, -0.1) is 5.10 Å². The first-order valence-corrected chi connectivity index (χ1v) is 7.73. The highest BCUT2D eigenvalue weighted by Crippen LogP contribution is 2.10. The maximum atomic E-state index is 5.56. The van der Waals surface area contributed by atoms with E-state index in [1.807, 2.05) is 31.2 Å². The summed E-state index contributed by atoms with van der Waals surface area (Å²) in [6.45, 7) is 6.60. The molecule has 0 aliphatic carbocycles. The Labute approximate surface area is 144 Å². The average Bonchev–Trinajstić information content (AvgIpc) is 3.23. The molecular weight excluding hydrogens is 318 g/mol. The molecule has 0 saturated carbocycles. The van der Waals surface area contributed by atoms with Crippen LogP contribution in [0.15, 0.2) is 66.6 Å². The third-order valence-electron chi connectivity index (χ3n) is 3.40. The molecule has 0 aliphatic heterocycles. The molecule has 3 N–H and O–H groups in total. The summed E-state index contributed by atoms with van der Waals surface area (Å²) in [5, 5.41) is 15.6. The summed E-state index contributed by atoms with van der Waals surface area (Å²) in [4.78, 5) is 8.41. The molecule has 1 aromatic carbocycles. The van der Waals surface area contributed by atoms with E-state index in [-0.39, 0.29) is 6.04 Å². The minimum atomic E-state index is 0.0635. The molecule has 2 aromatic heterocycles. The van der Waals surface area contributed by atoms with E-state index in [2.05, 4.69) is 37.3 Å². The number of allylic oxidation sites excluding steroid dienone is 1. The third kappa shape index (κ3) is 3.89. The first-order valence-electron chi connectivity index (χ1n) is 7.73. The largest absolute Gasteiger partial charge is 0.404 e. The van der Waals surface area contributed by atoms with E-state index in [9.17, 15) is 0 Å². The van der Waals surface area contributed by atoms with Gasteiger partial charge in [0.1, 0.15) is 24.0 Å². The van der Waals surface area contributed by atoms with Gasteiger partial charge in [-0.25, -0.2) is 9.98 Å². The number of rotatable bonds is 6. The standard InChI is InChI=1S/C16H19N9/c1-12(9-24-11-18-10-19-24)20-13(2)21-16(7-8-17)25-15-6-4-3-5-14(15)22-23-25/h3-8,10-12,20H,2,9,17H2,1H3/b8-7-,21-16+/t12-/m0/s1. The van der Waals surface area contributed by atoms with E-state index in [1.54, 1.807) is 21.8 Å². The number of nitrogens with zero attached hydrogens (tertiary/aromatic N) is 7. The van der Waals surface area contributed by atoms with Crippen LogP contribution in [-0.4, -0.2) is 41.6 Å². The number of nitrogens with one attached hydrogen (secondary N) is 1. The summed E-state index contributed by atoms with van der Waals surface area (Å²) in [7, 11) is 0. The molecule has 9 heteroatoms. The number of nitrogens with two attached hydrogens (primary N) is 1. The number of fused-ring (bicyclic) bond motifs is 1. The Morgan fingerprint density at radius 1 is 1.44 bits per heavy atom. The normalized spacial score (nSPS) is 13.4. The lowest BCUT2D eigenvalue weighted by atomic mass is 10.3. The highest BCUT2D eigenvalue weighted by atomic mass is 15.4. The number of hydrogen-bond acceptors (Lipinski definition) is 7.